The number of ether oxygens (including phenoxy) is 1. The molecule has 0 radical (unpaired) electrons. The van der Waals surface area contributed by atoms with E-state index in [-0.39, 0.29) is 38.3 Å². The molecule has 1 atom stereocenters. The third-order valence-electron chi connectivity index (χ3n) is 2.84. The minimum atomic E-state index is -3.51. The second-order valence-corrected chi connectivity index (χ2v) is 7.38. The van der Waals surface area contributed by atoms with E-state index in [4.69, 9.17) is 14.9 Å². The molecule has 1 fully saturated rings. The van der Waals surface area contributed by atoms with Crippen molar-refractivity contribution < 1.29 is 28.2 Å². The van der Waals surface area contributed by atoms with E-state index in [9.17, 15) is 13.2 Å². The average Bonchev–Trinajstić information content (AvgIpc) is 2.25. The zero-order valence-electron chi connectivity index (χ0n) is 11.2. The van der Waals surface area contributed by atoms with Crippen LogP contribution in [0.25, 0.3) is 0 Å². The van der Waals surface area contributed by atoms with Crippen LogP contribution in [0.4, 0.5) is 0 Å². The highest BCUT2D eigenvalue weighted by Crippen LogP contribution is 2.23. The van der Waals surface area contributed by atoms with Gasteiger partial charge < -0.3 is 14.9 Å². The van der Waals surface area contributed by atoms with Crippen molar-refractivity contribution in [1.29, 1.82) is 0 Å². The largest absolute Gasteiger partial charge is 0.481 e. The molecule has 0 bridgehead atoms. The van der Waals surface area contributed by atoms with Crippen molar-refractivity contribution in [2.75, 3.05) is 25.4 Å². The molecule has 0 amide bonds. The standard InChI is InChI=1S/C11H21NO6S/c1-11(2)8-12(6-9(7-13)18-11)19(16,17)5-3-4-10(14)15/h9,13H,3-8H2,1-2H3,(H,14,15). The Labute approximate surface area is 113 Å². The average molecular weight is 295 g/mol. The molecule has 1 aliphatic rings. The lowest BCUT2D eigenvalue weighted by Crippen LogP contribution is -2.55. The van der Waals surface area contributed by atoms with E-state index in [0.717, 1.165) is 0 Å². The van der Waals surface area contributed by atoms with Crippen molar-refractivity contribution in [3.63, 3.8) is 0 Å². The summed E-state index contributed by atoms with van der Waals surface area (Å²) in [5, 5.41) is 17.7. The molecule has 0 aromatic carbocycles. The number of rotatable bonds is 6. The summed E-state index contributed by atoms with van der Waals surface area (Å²) in [5.74, 6) is -1.21. The topological polar surface area (TPSA) is 104 Å². The van der Waals surface area contributed by atoms with Gasteiger partial charge >= 0.3 is 5.97 Å². The fourth-order valence-electron chi connectivity index (χ4n) is 2.08. The normalized spacial score (nSPS) is 24.3. The molecule has 1 saturated heterocycles. The molecule has 0 aromatic rings. The molecule has 2 N–H and O–H groups in total. The summed E-state index contributed by atoms with van der Waals surface area (Å²) in [6.07, 6.45) is -0.631. The van der Waals surface area contributed by atoms with Crippen molar-refractivity contribution in [3.05, 3.63) is 0 Å². The third-order valence-corrected chi connectivity index (χ3v) is 4.71. The number of sulfonamides is 1. The minimum Gasteiger partial charge on any atom is -0.481 e. The SMILES string of the molecule is CC1(C)CN(S(=O)(=O)CCCC(=O)O)CC(CO)O1. The van der Waals surface area contributed by atoms with E-state index in [0.29, 0.717) is 0 Å². The quantitative estimate of drug-likeness (QED) is 0.694. The first-order chi connectivity index (χ1) is 8.66. The van der Waals surface area contributed by atoms with Crippen LogP contribution in [0.2, 0.25) is 0 Å². The van der Waals surface area contributed by atoms with Gasteiger partial charge in [0.05, 0.1) is 24.1 Å². The van der Waals surface area contributed by atoms with Gasteiger partial charge in [-0.3, -0.25) is 4.79 Å². The van der Waals surface area contributed by atoms with Crippen LogP contribution < -0.4 is 0 Å². The summed E-state index contributed by atoms with van der Waals surface area (Å²) >= 11 is 0. The number of hydrogen-bond donors (Lipinski definition) is 2. The highest BCUT2D eigenvalue weighted by atomic mass is 32.2. The van der Waals surface area contributed by atoms with Gasteiger partial charge in [-0.1, -0.05) is 0 Å². The highest BCUT2D eigenvalue weighted by Gasteiger charge is 2.38. The van der Waals surface area contributed by atoms with Gasteiger partial charge in [0.25, 0.3) is 0 Å². The minimum absolute atomic E-state index is 0.0826. The Bertz CT molecular complexity index is 419. The van der Waals surface area contributed by atoms with Gasteiger partial charge in [-0.2, -0.15) is 4.31 Å². The number of aliphatic hydroxyl groups excluding tert-OH is 1. The maximum Gasteiger partial charge on any atom is 0.303 e. The van der Waals surface area contributed by atoms with Crippen LogP contribution in [0.15, 0.2) is 0 Å². The molecule has 0 saturated carbocycles. The number of aliphatic hydroxyl groups is 1. The van der Waals surface area contributed by atoms with Gasteiger partial charge in [0.15, 0.2) is 0 Å². The fourth-order valence-corrected chi connectivity index (χ4v) is 3.75. The second-order valence-electron chi connectivity index (χ2n) is 5.29. The predicted molar refractivity (Wildman–Crippen MR) is 68.3 cm³/mol. The fraction of sp³-hybridized carbons (Fsp3) is 0.909. The molecule has 0 aliphatic carbocycles. The van der Waals surface area contributed by atoms with Crippen LogP contribution in [0.1, 0.15) is 26.7 Å². The summed E-state index contributed by atoms with van der Waals surface area (Å²) < 4.78 is 31.0. The van der Waals surface area contributed by atoms with Crippen molar-refractivity contribution in [1.82, 2.24) is 4.31 Å². The summed E-state index contributed by atoms with van der Waals surface area (Å²) in [7, 11) is -3.51. The molecule has 0 aromatic heterocycles. The number of morpholine rings is 1. The van der Waals surface area contributed by atoms with Gasteiger partial charge in [-0.15, -0.1) is 0 Å². The number of nitrogens with zero attached hydrogens (tertiary/aromatic N) is 1. The van der Waals surface area contributed by atoms with Crippen molar-refractivity contribution >= 4 is 16.0 Å². The first kappa shape index (κ1) is 16.4. The number of hydrogen-bond acceptors (Lipinski definition) is 5. The summed E-state index contributed by atoms with van der Waals surface area (Å²) in [4.78, 5) is 10.4. The molecule has 1 aliphatic heterocycles. The maximum atomic E-state index is 12.1. The summed E-state index contributed by atoms with van der Waals surface area (Å²) in [5.41, 5.74) is -0.661. The summed E-state index contributed by atoms with van der Waals surface area (Å²) in [6, 6.07) is 0. The van der Waals surface area contributed by atoms with Crippen LogP contribution in [-0.2, 0) is 19.6 Å². The molecule has 1 unspecified atom stereocenters. The Kier molecular flexibility index (Phi) is 5.31. The summed E-state index contributed by atoms with van der Waals surface area (Å²) in [6.45, 7) is 3.59. The van der Waals surface area contributed by atoms with Gasteiger partial charge in [-0.25, -0.2) is 8.42 Å². The molecule has 1 rings (SSSR count). The molecule has 0 spiro atoms. The van der Waals surface area contributed by atoms with E-state index in [1.54, 1.807) is 13.8 Å². The molecule has 8 heteroatoms. The molecular formula is C11H21NO6S. The monoisotopic (exact) mass is 295 g/mol. The van der Waals surface area contributed by atoms with Crippen molar-refractivity contribution in [3.8, 4) is 0 Å². The molecule has 7 nitrogen and oxygen atoms in total. The van der Waals surface area contributed by atoms with Crippen LogP contribution in [0.3, 0.4) is 0 Å². The Balaban J connectivity index is 2.68. The Morgan fingerprint density at radius 1 is 1.47 bits per heavy atom. The van der Waals surface area contributed by atoms with Gasteiger partial charge in [0.1, 0.15) is 0 Å². The zero-order valence-corrected chi connectivity index (χ0v) is 12.0. The Morgan fingerprint density at radius 3 is 2.63 bits per heavy atom. The third kappa shape index (κ3) is 5.06. The number of carbonyl (C=O) groups is 1. The van der Waals surface area contributed by atoms with Crippen LogP contribution >= 0.6 is 0 Å². The van der Waals surface area contributed by atoms with Crippen LogP contribution in [0.5, 0.6) is 0 Å². The first-order valence-electron chi connectivity index (χ1n) is 6.14. The van der Waals surface area contributed by atoms with Crippen LogP contribution in [0, 0.1) is 0 Å². The Morgan fingerprint density at radius 2 is 2.11 bits per heavy atom. The molecule has 112 valence electrons. The number of carboxylic acid groups (broad SMARTS) is 1. The molecule has 1 heterocycles. The van der Waals surface area contributed by atoms with E-state index >= 15 is 0 Å². The van der Waals surface area contributed by atoms with Gasteiger partial charge in [0, 0.05) is 19.5 Å². The van der Waals surface area contributed by atoms with E-state index in [2.05, 4.69) is 0 Å². The molecule has 19 heavy (non-hydrogen) atoms. The lowest BCUT2D eigenvalue weighted by molar-refractivity contribution is -0.137. The zero-order chi connectivity index (χ0) is 14.7. The highest BCUT2D eigenvalue weighted by molar-refractivity contribution is 7.89. The van der Waals surface area contributed by atoms with Gasteiger partial charge in [0.2, 0.25) is 10.0 Å². The second kappa shape index (κ2) is 6.17. The van der Waals surface area contributed by atoms with Crippen LogP contribution in [-0.4, -0.2) is 66.1 Å². The van der Waals surface area contributed by atoms with Gasteiger partial charge in [-0.05, 0) is 20.3 Å². The Hall–Kier alpha value is -0.700. The lowest BCUT2D eigenvalue weighted by atomic mass is 10.1. The van der Waals surface area contributed by atoms with E-state index < -0.39 is 27.7 Å². The lowest BCUT2D eigenvalue weighted by Gasteiger charge is -2.41. The first-order valence-corrected chi connectivity index (χ1v) is 7.75. The number of aliphatic carboxylic acids is 1. The predicted octanol–water partition coefficient (Wildman–Crippen LogP) is -0.347. The molecular weight excluding hydrogens is 274 g/mol. The smallest absolute Gasteiger partial charge is 0.303 e. The number of carboxylic acids is 1. The van der Waals surface area contributed by atoms with Crippen molar-refractivity contribution in [2.45, 2.75) is 38.4 Å². The van der Waals surface area contributed by atoms with E-state index in [1.807, 2.05) is 0 Å². The maximum absolute atomic E-state index is 12.1. The van der Waals surface area contributed by atoms with Crippen molar-refractivity contribution in [2.24, 2.45) is 0 Å². The van der Waals surface area contributed by atoms with E-state index in [1.165, 1.54) is 4.31 Å².